The molecule has 2 heterocycles. The van der Waals surface area contributed by atoms with Crippen molar-refractivity contribution in [3.8, 4) is 6.07 Å². The number of hydrogen-bond acceptors (Lipinski definition) is 4. The van der Waals surface area contributed by atoms with Crippen LogP contribution in [0.5, 0.6) is 0 Å². The van der Waals surface area contributed by atoms with Gasteiger partial charge < -0.3 is 15.6 Å². The zero-order chi connectivity index (χ0) is 20.0. The molecule has 0 radical (unpaired) electrons. The minimum atomic E-state index is -4.38. The van der Waals surface area contributed by atoms with E-state index in [9.17, 15) is 22.8 Å². The van der Waals surface area contributed by atoms with Gasteiger partial charge in [0.05, 0.1) is 22.8 Å². The molecule has 0 spiro atoms. The number of anilines is 1. The van der Waals surface area contributed by atoms with Gasteiger partial charge in [0.15, 0.2) is 0 Å². The lowest BCUT2D eigenvalue weighted by molar-refractivity contribution is -0.137. The number of pyridine rings is 1. The molecule has 9 heteroatoms. The number of alkyl halides is 3. The maximum absolute atomic E-state index is 11.8. The highest BCUT2D eigenvalue weighted by molar-refractivity contribution is 5.99. The van der Waals surface area contributed by atoms with Crippen molar-refractivity contribution in [2.24, 2.45) is 5.73 Å². The zero-order valence-electron chi connectivity index (χ0n) is 14.2. The quantitative estimate of drug-likeness (QED) is 0.838. The Hall–Kier alpha value is -3.28. The van der Waals surface area contributed by atoms with Crippen LogP contribution in [0.3, 0.4) is 0 Å². The Morgan fingerprint density at radius 3 is 2.33 bits per heavy atom. The Morgan fingerprint density at radius 2 is 1.85 bits per heavy atom. The number of aromatic nitrogens is 1. The van der Waals surface area contributed by atoms with Crippen molar-refractivity contribution in [2.75, 3.05) is 18.0 Å². The number of benzene rings is 1. The number of nitriles is 1. The van der Waals surface area contributed by atoms with Crippen LogP contribution in [-0.2, 0) is 6.18 Å². The Bertz CT molecular complexity index is 890. The molecule has 3 rings (SSSR count). The third-order valence-corrected chi connectivity index (χ3v) is 3.95. The molecule has 27 heavy (non-hydrogen) atoms. The number of rotatable bonds is 2. The standard InChI is InChI=1S/C12H13N3O.C6H4F3NO/c13-8-9-3-4-11(10(7-9)12(14)16)15-5-1-2-6-15;7-6(8,9)4-1-2-5(11)10-3-4/h3-4,7H,1-2,5-6H2,(H2,14,16);1-3H,(H,10,11). The summed E-state index contributed by atoms with van der Waals surface area (Å²) in [7, 11) is 0. The molecule has 1 fully saturated rings. The fourth-order valence-corrected chi connectivity index (χ4v) is 2.62. The van der Waals surface area contributed by atoms with E-state index in [1.807, 2.05) is 17.1 Å². The highest BCUT2D eigenvalue weighted by atomic mass is 19.4. The number of hydrogen-bond donors (Lipinski definition) is 2. The van der Waals surface area contributed by atoms with Crippen LogP contribution >= 0.6 is 0 Å². The third-order valence-electron chi connectivity index (χ3n) is 3.95. The maximum Gasteiger partial charge on any atom is 0.417 e. The Morgan fingerprint density at radius 1 is 1.19 bits per heavy atom. The molecule has 6 nitrogen and oxygen atoms in total. The lowest BCUT2D eigenvalue weighted by atomic mass is 10.1. The van der Waals surface area contributed by atoms with Gasteiger partial charge >= 0.3 is 6.18 Å². The first-order valence-electron chi connectivity index (χ1n) is 8.07. The molecule has 3 N–H and O–H groups in total. The van der Waals surface area contributed by atoms with Gasteiger partial charge in [-0.1, -0.05) is 0 Å². The molecule has 0 atom stereocenters. The highest BCUT2D eigenvalue weighted by Crippen LogP contribution is 2.27. The van der Waals surface area contributed by atoms with Crippen molar-refractivity contribution in [2.45, 2.75) is 19.0 Å². The number of halogens is 3. The second-order valence-corrected chi connectivity index (χ2v) is 5.84. The van der Waals surface area contributed by atoms with Gasteiger partial charge in [0.2, 0.25) is 5.56 Å². The number of aromatic amines is 1. The van der Waals surface area contributed by atoms with E-state index in [1.165, 1.54) is 0 Å². The Labute approximate surface area is 153 Å². The third kappa shape index (κ3) is 5.34. The molecule has 1 saturated heterocycles. The maximum atomic E-state index is 11.8. The smallest absolute Gasteiger partial charge is 0.371 e. The van der Waals surface area contributed by atoms with Crippen molar-refractivity contribution in [1.82, 2.24) is 4.98 Å². The summed E-state index contributed by atoms with van der Waals surface area (Å²) in [6.07, 6.45) is -1.47. The second kappa shape index (κ2) is 8.40. The molecular formula is C18H17F3N4O2. The molecule has 0 saturated carbocycles. The molecule has 142 valence electrons. The van der Waals surface area contributed by atoms with Crippen LogP contribution in [0.25, 0.3) is 0 Å². The summed E-state index contributed by atoms with van der Waals surface area (Å²) in [6.45, 7) is 1.90. The molecular weight excluding hydrogens is 361 g/mol. The van der Waals surface area contributed by atoms with E-state index in [2.05, 4.69) is 4.90 Å². The minimum absolute atomic E-state index is 0.445. The number of primary amides is 1. The summed E-state index contributed by atoms with van der Waals surface area (Å²) in [6, 6.07) is 8.68. The van der Waals surface area contributed by atoms with Gasteiger partial charge in [0.25, 0.3) is 5.91 Å². The van der Waals surface area contributed by atoms with E-state index >= 15 is 0 Å². The minimum Gasteiger partial charge on any atom is -0.371 e. The molecule has 0 bridgehead atoms. The number of nitrogens with two attached hydrogens (primary N) is 1. The number of carbonyl (C=O) groups is 1. The van der Waals surface area contributed by atoms with Gasteiger partial charge in [0, 0.05) is 31.0 Å². The molecule has 0 unspecified atom stereocenters. The van der Waals surface area contributed by atoms with Gasteiger partial charge in [-0.3, -0.25) is 9.59 Å². The van der Waals surface area contributed by atoms with Crippen molar-refractivity contribution in [1.29, 1.82) is 5.26 Å². The predicted molar refractivity (Wildman–Crippen MR) is 93.2 cm³/mol. The van der Waals surface area contributed by atoms with Gasteiger partial charge in [-0.05, 0) is 37.1 Å². The first kappa shape index (κ1) is 20.0. The average Bonchev–Trinajstić information content (AvgIpc) is 3.15. The van der Waals surface area contributed by atoms with E-state index in [-0.39, 0.29) is 0 Å². The van der Waals surface area contributed by atoms with Crippen molar-refractivity contribution in [3.05, 3.63) is 63.6 Å². The summed E-state index contributed by atoms with van der Waals surface area (Å²) in [5.41, 5.74) is 5.70. The molecule has 1 aliphatic heterocycles. The van der Waals surface area contributed by atoms with Crippen LogP contribution < -0.4 is 16.2 Å². The van der Waals surface area contributed by atoms with E-state index < -0.39 is 23.2 Å². The van der Waals surface area contributed by atoms with Crippen molar-refractivity contribution >= 4 is 11.6 Å². The molecule has 1 aromatic heterocycles. The lowest BCUT2D eigenvalue weighted by Gasteiger charge is -2.20. The monoisotopic (exact) mass is 378 g/mol. The van der Waals surface area contributed by atoms with Crippen LogP contribution in [0.2, 0.25) is 0 Å². The van der Waals surface area contributed by atoms with Crippen LogP contribution in [0.1, 0.15) is 34.3 Å². The van der Waals surface area contributed by atoms with Crippen LogP contribution in [0.15, 0.2) is 41.3 Å². The van der Waals surface area contributed by atoms with E-state index in [0.717, 1.165) is 43.8 Å². The number of amides is 1. The van der Waals surface area contributed by atoms with Gasteiger partial charge in [-0.15, -0.1) is 0 Å². The normalized spacial score (nSPS) is 13.5. The van der Waals surface area contributed by atoms with E-state index in [1.54, 1.807) is 12.1 Å². The number of H-pyrrole nitrogens is 1. The molecule has 1 aromatic carbocycles. The predicted octanol–water partition coefficient (Wildman–Crippen LogP) is 2.65. The molecule has 0 aliphatic carbocycles. The largest absolute Gasteiger partial charge is 0.417 e. The topological polar surface area (TPSA) is 103 Å². The molecule has 2 aromatic rings. The number of nitrogens with zero attached hydrogens (tertiary/aromatic N) is 2. The van der Waals surface area contributed by atoms with Gasteiger partial charge in [-0.2, -0.15) is 18.4 Å². The lowest BCUT2D eigenvalue weighted by Crippen LogP contribution is -2.23. The zero-order valence-corrected chi connectivity index (χ0v) is 14.2. The van der Waals surface area contributed by atoms with Crippen molar-refractivity contribution in [3.63, 3.8) is 0 Å². The number of carbonyl (C=O) groups excluding carboxylic acids is 1. The molecule has 1 amide bonds. The van der Waals surface area contributed by atoms with Crippen molar-refractivity contribution < 1.29 is 18.0 Å². The summed E-state index contributed by atoms with van der Waals surface area (Å²) in [5.74, 6) is -0.473. The number of nitrogens with one attached hydrogen (secondary N) is 1. The summed E-state index contributed by atoms with van der Waals surface area (Å²) in [4.78, 5) is 25.7. The van der Waals surface area contributed by atoms with Crippen LogP contribution in [-0.4, -0.2) is 24.0 Å². The highest BCUT2D eigenvalue weighted by Gasteiger charge is 2.30. The van der Waals surface area contributed by atoms with E-state index in [4.69, 9.17) is 11.0 Å². The molecule has 1 aliphatic rings. The summed E-state index contributed by atoms with van der Waals surface area (Å²) < 4.78 is 35.4. The fraction of sp³-hybridized carbons (Fsp3) is 0.278. The Balaban J connectivity index is 0.000000208. The first-order chi connectivity index (χ1) is 12.7. The van der Waals surface area contributed by atoms with Gasteiger partial charge in [-0.25, -0.2) is 0 Å². The summed E-state index contributed by atoms with van der Waals surface area (Å²) >= 11 is 0. The average molecular weight is 378 g/mol. The van der Waals surface area contributed by atoms with E-state index in [0.29, 0.717) is 17.3 Å². The van der Waals surface area contributed by atoms with Gasteiger partial charge in [0.1, 0.15) is 0 Å². The fourth-order valence-electron chi connectivity index (χ4n) is 2.62. The first-order valence-corrected chi connectivity index (χ1v) is 8.07. The SMILES string of the molecule is N#Cc1ccc(N2CCCC2)c(C(N)=O)c1.O=c1ccc(C(F)(F)F)c[nH]1. The second-order valence-electron chi connectivity index (χ2n) is 5.84. The summed E-state index contributed by atoms with van der Waals surface area (Å²) in [5, 5.41) is 8.78. The Kier molecular flexibility index (Phi) is 6.23. The van der Waals surface area contributed by atoms with Crippen LogP contribution in [0, 0.1) is 11.3 Å². The van der Waals surface area contributed by atoms with Crippen LogP contribution in [0.4, 0.5) is 18.9 Å².